The summed E-state index contributed by atoms with van der Waals surface area (Å²) in [6, 6.07) is 6.51. The zero-order chi connectivity index (χ0) is 15.9. The van der Waals surface area contributed by atoms with E-state index in [4.69, 9.17) is 0 Å². The summed E-state index contributed by atoms with van der Waals surface area (Å²) in [7, 11) is 2.01. The van der Waals surface area contributed by atoms with Crippen molar-refractivity contribution < 1.29 is 4.79 Å². The molecule has 0 bridgehead atoms. The molecule has 2 rings (SSSR count). The van der Waals surface area contributed by atoms with Crippen LogP contribution in [-0.2, 0) is 11.2 Å². The Labute approximate surface area is 147 Å². The molecule has 1 heterocycles. The second kappa shape index (κ2) is 9.94. The zero-order valence-electron chi connectivity index (χ0n) is 14.7. The maximum absolute atomic E-state index is 12.4. The van der Waals surface area contributed by atoms with Gasteiger partial charge in [-0.2, -0.15) is 0 Å². The molecule has 0 radical (unpaired) electrons. The summed E-state index contributed by atoms with van der Waals surface area (Å²) in [6.07, 6.45) is 5.07. The Morgan fingerprint density at radius 3 is 2.57 bits per heavy atom. The van der Waals surface area contributed by atoms with Crippen molar-refractivity contribution in [2.24, 2.45) is 5.92 Å². The van der Waals surface area contributed by atoms with E-state index in [0.717, 1.165) is 44.8 Å². The van der Waals surface area contributed by atoms with Crippen LogP contribution in [0.25, 0.3) is 0 Å². The highest BCUT2D eigenvalue weighted by atomic mass is 35.5. The fourth-order valence-electron chi connectivity index (χ4n) is 3.35. The normalized spacial score (nSPS) is 15.3. The number of hydrogen-bond donors (Lipinski definition) is 1. The van der Waals surface area contributed by atoms with Gasteiger partial charge in [0.25, 0.3) is 0 Å². The summed E-state index contributed by atoms with van der Waals surface area (Å²) in [6.45, 7) is 7.23. The SMILES string of the molecule is CNCCC1CCN(C(=O)CCc2ccc(C)cc2C)CC1.Cl. The van der Waals surface area contributed by atoms with E-state index in [9.17, 15) is 4.79 Å². The molecule has 130 valence electrons. The first-order valence-electron chi connectivity index (χ1n) is 8.58. The van der Waals surface area contributed by atoms with Crippen LogP contribution < -0.4 is 5.32 Å². The predicted molar refractivity (Wildman–Crippen MR) is 99.3 cm³/mol. The third-order valence-electron chi connectivity index (χ3n) is 4.88. The lowest BCUT2D eigenvalue weighted by Crippen LogP contribution is -2.39. The van der Waals surface area contributed by atoms with Gasteiger partial charge in [-0.1, -0.05) is 23.8 Å². The van der Waals surface area contributed by atoms with E-state index in [1.807, 2.05) is 7.05 Å². The highest BCUT2D eigenvalue weighted by Crippen LogP contribution is 2.21. The molecule has 1 amide bonds. The summed E-state index contributed by atoms with van der Waals surface area (Å²) < 4.78 is 0. The van der Waals surface area contributed by atoms with Gasteiger partial charge in [-0.25, -0.2) is 0 Å². The number of aryl methyl sites for hydroxylation is 3. The number of rotatable bonds is 6. The molecular weight excluding hydrogens is 308 g/mol. The summed E-state index contributed by atoms with van der Waals surface area (Å²) in [5, 5.41) is 3.22. The molecule has 0 saturated carbocycles. The Hall–Kier alpha value is -1.06. The van der Waals surface area contributed by atoms with Crippen molar-refractivity contribution in [3.8, 4) is 0 Å². The number of likely N-dealkylation sites (tertiary alicyclic amines) is 1. The van der Waals surface area contributed by atoms with Crippen LogP contribution in [0.2, 0.25) is 0 Å². The van der Waals surface area contributed by atoms with Crippen molar-refractivity contribution in [1.82, 2.24) is 10.2 Å². The van der Waals surface area contributed by atoms with Crippen molar-refractivity contribution in [1.29, 1.82) is 0 Å². The molecule has 23 heavy (non-hydrogen) atoms. The van der Waals surface area contributed by atoms with E-state index in [0.29, 0.717) is 12.3 Å². The lowest BCUT2D eigenvalue weighted by molar-refractivity contribution is -0.132. The second-order valence-corrected chi connectivity index (χ2v) is 6.65. The summed E-state index contributed by atoms with van der Waals surface area (Å²) in [5.41, 5.74) is 3.90. The van der Waals surface area contributed by atoms with Crippen molar-refractivity contribution >= 4 is 18.3 Å². The quantitative estimate of drug-likeness (QED) is 0.861. The van der Waals surface area contributed by atoms with Crippen molar-refractivity contribution in [2.45, 2.75) is 46.0 Å². The molecule has 0 aliphatic carbocycles. The minimum atomic E-state index is 0. The van der Waals surface area contributed by atoms with E-state index < -0.39 is 0 Å². The van der Waals surface area contributed by atoms with Crippen LogP contribution in [0, 0.1) is 19.8 Å². The highest BCUT2D eigenvalue weighted by molar-refractivity contribution is 5.85. The number of hydrogen-bond acceptors (Lipinski definition) is 2. The third kappa shape index (κ3) is 6.15. The average molecular weight is 339 g/mol. The summed E-state index contributed by atoms with van der Waals surface area (Å²) in [5.74, 6) is 1.11. The smallest absolute Gasteiger partial charge is 0.222 e. The number of nitrogens with one attached hydrogen (secondary N) is 1. The lowest BCUT2D eigenvalue weighted by atomic mass is 9.93. The molecule has 1 aromatic carbocycles. The molecule has 0 aromatic heterocycles. The first-order valence-corrected chi connectivity index (χ1v) is 8.58. The first-order chi connectivity index (χ1) is 10.6. The molecule has 0 unspecified atom stereocenters. The van der Waals surface area contributed by atoms with Gasteiger partial charge >= 0.3 is 0 Å². The molecule has 1 aliphatic heterocycles. The third-order valence-corrected chi connectivity index (χ3v) is 4.88. The minimum Gasteiger partial charge on any atom is -0.343 e. The van der Waals surface area contributed by atoms with Crippen LogP contribution in [0.3, 0.4) is 0 Å². The van der Waals surface area contributed by atoms with Crippen LogP contribution in [0.5, 0.6) is 0 Å². The number of nitrogens with zero attached hydrogens (tertiary/aromatic N) is 1. The Kier molecular flexibility index (Phi) is 8.64. The Morgan fingerprint density at radius 1 is 1.26 bits per heavy atom. The van der Waals surface area contributed by atoms with Gasteiger partial charge in [0, 0.05) is 19.5 Å². The monoisotopic (exact) mass is 338 g/mol. The van der Waals surface area contributed by atoms with Gasteiger partial charge in [0.2, 0.25) is 5.91 Å². The average Bonchev–Trinajstić information content (AvgIpc) is 2.52. The summed E-state index contributed by atoms with van der Waals surface area (Å²) >= 11 is 0. The fraction of sp³-hybridized carbons (Fsp3) is 0.632. The van der Waals surface area contributed by atoms with Crippen LogP contribution in [0.4, 0.5) is 0 Å². The number of carbonyl (C=O) groups excluding carboxylic acids is 1. The second-order valence-electron chi connectivity index (χ2n) is 6.65. The molecule has 1 aliphatic rings. The molecule has 1 fully saturated rings. The highest BCUT2D eigenvalue weighted by Gasteiger charge is 2.22. The Balaban J connectivity index is 0.00000264. The van der Waals surface area contributed by atoms with Gasteiger partial charge in [-0.05, 0) is 70.2 Å². The number of amides is 1. The van der Waals surface area contributed by atoms with Gasteiger partial charge in [-0.15, -0.1) is 12.4 Å². The number of halogens is 1. The van der Waals surface area contributed by atoms with Gasteiger partial charge in [0.1, 0.15) is 0 Å². The molecule has 1 aromatic rings. The fourth-order valence-corrected chi connectivity index (χ4v) is 3.35. The maximum atomic E-state index is 12.4. The van der Waals surface area contributed by atoms with Crippen LogP contribution >= 0.6 is 12.4 Å². The molecule has 0 spiro atoms. The largest absolute Gasteiger partial charge is 0.343 e. The molecule has 1 N–H and O–H groups in total. The van der Waals surface area contributed by atoms with E-state index in [2.05, 4.69) is 42.3 Å². The zero-order valence-corrected chi connectivity index (χ0v) is 15.5. The number of benzene rings is 1. The molecule has 0 atom stereocenters. The lowest BCUT2D eigenvalue weighted by Gasteiger charge is -2.32. The standard InChI is InChI=1S/C19H30N2O.ClH/c1-15-4-5-18(16(2)14-15)6-7-19(22)21-12-9-17(10-13-21)8-11-20-3;/h4-5,14,17,20H,6-13H2,1-3H3;1H. The molecule has 4 heteroatoms. The number of piperidine rings is 1. The van der Waals surface area contributed by atoms with Crippen LogP contribution in [0.1, 0.15) is 42.4 Å². The molecular formula is C19H31ClN2O. The number of carbonyl (C=O) groups is 1. The van der Waals surface area contributed by atoms with Crippen LogP contribution in [0.15, 0.2) is 18.2 Å². The van der Waals surface area contributed by atoms with E-state index in [-0.39, 0.29) is 12.4 Å². The Bertz CT molecular complexity index is 496. The van der Waals surface area contributed by atoms with Crippen LogP contribution in [-0.4, -0.2) is 37.5 Å². The van der Waals surface area contributed by atoms with Gasteiger partial charge < -0.3 is 10.2 Å². The van der Waals surface area contributed by atoms with E-state index in [1.165, 1.54) is 23.1 Å². The molecule has 3 nitrogen and oxygen atoms in total. The predicted octanol–water partition coefficient (Wildman–Crippen LogP) is 3.51. The maximum Gasteiger partial charge on any atom is 0.222 e. The van der Waals surface area contributed by atoms with E-state index in [1.54, 1.807) is 0 Å². The van der Waals surface area contributed by atoms with Crippen molar-refractivity contribution in [3.05, 3.63) is 34.9 Å². The Morgan fingerprint density at radius 2 is 1.96 bits per heavy atom. The minimum absolute atomic E-state index is 0. The summed E-state index contributed by atoms with van der Waals surface area (Å²) in [4.78, 5) is 14.5. The van der Waals surface area contributed by atoms with E-state index >= 15 is 0 Å². The van der Waals surface area contributed by atoms with Crippen molar-refractivity contribution in [2.75, 3.05) is 26.7 Å². The topological polar surface area (TPSA) is 32.3 Å². The van der Waals surface area contributed by atoms with Crippen molar-refractivity contribution in [3.63, 3.8) is 0 Å². The van der Waals surface area contributed by atoms with Gasteiger partial charge in [0.15, 0.2) is 0 Å². The first kappa shape index (κ1) is 20.0. The van der Waals surface area contributed by atoms with Gasteiger partial charge in [0.05, 0.1) is 0 Å². The molecule has 1 saturated heterocycles. The van der Waals surface area contributed by atoms with Gasteiger partial charge in [-0.3, -0.25) is 4.79 Å².